The highest BCUT2D eigenvalue weighted by Gasteiger charge is 2.35. The molecule has 0 aliphatic rings. The first-order valence-electron chi connectivity index (χ1n) is 5.89. The van der Waals surface area contributed by atoms with E-state index in [4.69, 9.17) is 5.73 Å². The van der Waals surface area contributed by atoms with Crippen LogP contribution in [0, 0.1) is 0 Å². The highest BCUT2D eigenvalue weighted by atomic mass is 32.2. The predicted molar refractivity (Wildman–Crippen MR) is 73.9 cm³/mol. The van der Waals surface area contributed by atoms with Crippen LogP contribution in [0.25, 0.3) is 10.9 Å². The minimum Gasteiger partial charge on any atom is -0.384 e. The van der Waals surface area contributed by atoms with Crippen LogP contribution in [0.5, 0.6) is 0 Å². The maximum atomic E-state index is 12.7. The SMILES string of the molecule is Nc1cc(Sc2cc3ccccc3[nH]2)nc(C(F)(F)F)n1. The van der Waals surface area contributed by atoms with E-state index in [9.17, 15) is 13.2 Å². The van der Waals surface area contributed by atoms with Crippen molar-refractivity contribution in [3.63, 3.8) is 0 Å². The number of rotatable bonds is 2. The molecule has 21 heavy (non-hydrogen) atoms. The summed E-state index contributed by atoms with van der Waals surface area (Å²) in [4.78, 5) is 9.81. The van der Waals surface area contributed by atoms with Gasteiger partial charge in [-0.1, -0.05) is 30.0 Å². The van der Waals surface area contributed by atoms with Gasteiger partial charge in [-0.05, 0) is 12.1 Å². The van der Waals surface area contributed by atoms with Gasteiger partial charge in [0.15, 0.2) is 0 Å². The molecule has 0 fully saturated rings. The summed E-state index contributed by atoms with van der Waals surface area (Å²) in [6.45, 7) is 0. The third-order valence-electron chi connectivity index (χ3n) is 2.70. The number of fused-ring (bicyclic) bond motifs is 1. The molecular weight excluding hydrogens is 301 g/mol. The molecule has 2 heterocycles. The fraction of sp³-hybridized carbons (Fsp3) is 0.0769. The largest absolute Gasteiger partial charge is 0.451 e. The van der Waals surface area contributed by atoms with Gasteiger partial charge in [0.05, 0.1) is 5.03 Å². The van der Waals surface area contributed by atoms with Gasteiger partial charge >= 0.3 is 6.18 Å². The molecule has 0 bridgehead atoms. The lowest BCUT2D eigenvalue weighted by Crippen LogP contribution is -2.12. The molecule has 0 aliphatic heterocycles. The quantitative estimate of drug-likeness (QED) is 0.708. The Bertz CT molecular complexity index is 764. The molecule has 3 aromatic rings. The molecule has 0 aliphatic carbocycles. The van der Waals surface area contributed by atoms with E-state index in [0.29, 0.717) is 5.03 Å². The van der Waals surface area contributed by atoms with Crippen LogP contribution in [0.3, 0.4) is 0 Å². The second-order valence-electron chi connectivity index (χ2n) is 4.28. The third-order valence-corrected chi connectivity index (χ3v) is 3.55. The first-order chi connectivity index (χ1) is 9.91. The molecule has 0 saturated heterocycles. The number of aromatic amines is 1. The zero-order valence-electron chi connectivity index (χ0n) is 10.5. The Kier molecular flexibility index (Phi) is 3.25. The van der Waals surface area contributed by atoms with Crippen molar-refractivity contribution < 1.29 is 13.2 Å². The number of nitrogens with two attached hydrogens (primary N) is 1. The van der Waals surface area contributed by atoms with E-state index < -0.39 is 12.0 Å². The monoisotopic (exact) mass is 310 g/mol. The van der Waals surface area contributed by atoms with E-state index in [-0.39, 0.29) is 10.8 Å². The van der Waals surface area contributed by atoms with Gasteiger partial charge in [0.1, 0.15) is 10.8 Å². The number of para-hydroxylation sites is 1. The van der Waals surface area contributed by atoms with Crippen molar-refractivity contribution in [1.82, 2.24) is 15.0 Å². The minimum absolute atomic E-state index is 0.140. The average molecular weight is 310 g/mol. The van der Waals surface area contributed by atoms with Gasteiger partial charge in [-0.2, -0.15) is 13.2 Å². The highest BCUT2D eigenvalue weighted by molar-refractivity contribution is 7.99. The maximum Gasteiger partial charge on any atom is 0.451 e. The maximum absolute atomic E-state index is 12.7. The van der Waals surface area contributed by atoms with E-state index in [1.54, 1.807) is 0 Å². The Balaban J connectivity index is 1.95. The van der Waals surface area contributed by atoms with Gasteiger partial charge in [-0.3, -0.25) is 0 Å². The first-order valence-corrected chi connectivity index (χ1v) is 6.71. The summed E-state index contributed by atoms with van der Waals surface area (Å²) in [6, 6.07) is 10.7. The molecule has 3 N–H and O–H groups in total. The molecule has 0 unspecified atom stereocenters. The van der Waals surface area contributed by atoms with E-state index in [0.717, 1.165) is 22.7 Å². The van der Waals surface area contributed by atoms with E-state index in [1.807, 2.05) is 30.3 Å². The Morgan fingerprint density at radius 2 is 1.86 bits per heavy atom. The van der Waals surface area contributed by atoms with Gasteiger partial charge in [-0.25, -0.2) is 9.97 Å². The smallest absolute Gasteiger partial charge is 0.384 e. The van der Waals surface area contributed by atoms with Crippen LogP contribution in [0.4, 0.5) is 19.0 Å². The molecular formula is C13H9F3N4S. The third kappa shape index (κ3) is 2.94. The fourth-order valence-electron chi connectivity index (χ4n) is 1.84. The molecule has 0 amide bonds. The summed E-state index contributed by atoms with van der Waals surface area (Å²) in [5.74, 6) is -1.45. The normalized spacial score (nSPS) is 12.0. The second-order valence-corrected chi connectivity index (χ2v) is 5.34. The van der Waals surface area contributed by atoms with Gasteiger partial charge in [-0.15, -0.1) is 0 Å². The summed E-state index contributed by atoms with van der Waals surface area (Å²) >= 11 is 1.07. The molecule has 0 atom stereocenters. The number of nitrogen functional groups attached to an aromatic ring is 1. The average Bonchev–Trinajstić information content (AvgIpc) is 2.79. The standard InChI is InChI=1S/C13H9F3N4S/c14-13(15,16)12-19-9(17)6-11(20-12)21-10-5-7-3-1-2-4-8(7)18-10/h1-6,18H,(H2,17,19,20). The number of hydrogen-bond donors (Lipinski definition) is 2. The Morgan fingerprint density at radius 1 is 1.10 bits per heavy atom. The van der Waals surface area contributed by atoms with Crippen LogP contribution >= 0.6 is 11.8 Å². The molecule has 2 aromatic heterocycles. The topological polar surface area (TPSA) is 67.6 Å². The Labute approximate surface area is 121 Å². The molecule has 0 radical (unpaired) electrons. The van der Waals surface area contributed by atoms with Gasteiger partial charge in [0.25, 0.3) is 0 Å². The lowest BCUT2D eigenvalue weighted by molar-refractivity contribution is -0.145. The van der Waals surface area contributed by atoms with Crippen LogP contribution in [0.15, 0.2) is 46.5 Å². The molecule has 108 valence electrons. The number of alkyl halides is 3. The van der Waals surface area contributed by atoms with Crippen LogP contribution in [0.2, 0.25) is 0 Å². The van der Waals surface area contributed by atoms with Crippen molar-refractivity contribution in [2.45, 2.75) is 16.2 Å². The van der Waals surface area contributed by atoms with Gasteiger partial charge in [0.2, 0.25) is 5.82 Å². The fourth-order valence-corrected chi connectivity index (χ4v) is 2.72. The number of H-pyrrole nitrogens is 1. The van der Waals surface area contributed by atoms with E-state index >= 15 is 0 Å². The molecule has 1 aromatic carbocycles. The van der Waals surface area contributed by atoms with Crippen LogP contribution in [-0.4, -0.2) is 15.0 Å². The number of aromatic nitrogens is 3. The summed E-state index contributed by atoms with van der Waals surface area (Å²) < 4.78 is 38.0. The number of nitrogens with zero attached hydrogens (tertiary/aromatic N) is 2. The second kappa shape index (κ2) is 4.96. The minimum atomic E-state index is -4.62. The Morgan fingerprint density at radius 3 is 2.57 bits per heavy atom. The first kappa shape index (κ1) is 13.7. The van der Waals surface area contributed by atoms with Crippen molar-refractivity contribution in [3.8, 4) is 0 Å². The number of benzene rings is 1. The van der Waals surface area contributed by atoms with Crippen LogP contribution in [-0.2, 0) is 6.18 Å². The number of nitrogens with one attached hydrogen (secondary N) is 1. The summed E-state index contributed by atoms with van der Waals surface area (Å²) in [5.41, 5.74) is 6.31. The molecule has 3 rings (SSSR count). The lowest BCUT2D eigenvalue weighted by Gasteiger charge is -2.07. The Hall–Kier alpha value is -2.22. The zero-order valence-corrected chi connectivity index (χ0v) is 11.3. The molecule has 8 heteroatoms. The van der Waals surface area contributed by atoms with Crippen LogP contribution < -0.4 is 5.73 Å². The number of hydrogen-bond acceptors (Lipinski definition) is 4. The molecule has 0 spiro atoms. The summed E-state index contributed by atoms with van der Waals surface area (Å²) in [6.07, 6.45) is -4.62. The number of anilines is 1. The molecule has 0 saturated carbocycles. The zero-order chi connectivity index (χ0) is 15.0. The van der Waals surface area contributed by atoms with E-state index in [2.05, 4.69) is 15.0 Å². The van der Waals surface area contributed by atoms with Crippen LogP contribution in [0.1, 0.15) is 5.82 Å². The van der Waals surface area contributed by atoms with E-state index in [1.165, 1.54) is 6.07 Å². The van der Waals surface area contributed by atoms with Crippen molar-refractivity contribution >= 4 is 28.5 Å². The predicted octanol–water partition coefficient (Wildman–Crippen LogP) is 3.71. The van der Waals surface area contributed by atoms with Crippen molar-refractivity contribution in [3.05, 3.63) is 42.2 Å². The van der Waals surface area contributed by atoms with Crippen molar-refractivity contribution in [2.24, 2.45) is 0 Å². The summed E-state index contributed by atoms with van der Waals surface area (Å²) in [5, 5.41) is 1.79. The lowest BCUT2D eigenvalue weighted by atomic mass is 10.3. The highest BCUT2D eigenvalue weighted by Crippen LogP contribution is 2.32. The number of halogens is 3. The van der Waals surface area contributed by atoms with Gasteiger partial charge in [0, 0.05) is 17.0 Å². The van der Waals surface area contributed by atoms with Gasteiger partial charge < -0.3 is 10.7 Å². The van der Waals surface area contributed by atoms with Crippen molar-refractivity contribution in [2.75, 3.05) is 5.73 Å². The summed E-state index contributed by atoms with van der Waals surface area (Å²) in [7, 11) is 0. The molecule has 4 nitrogen and oxygen atoms in total. The van der Waals surface area contributed by atoms with Crippen molar-refractivity contribution in [1.29, 1.82) is 0 Å².